The molecule has 1 fully saturated rings. The van der Waals surface area contributed by atoms with Gasteiger partial charge in [-0.15, -0.1) is 0 Å². The number of halogens is 1. The normalized spacial score (nSPS) is 26.9. The van der Waals surface area contributed by atoms with Crippen LogP contribution in [0.15, 0.2) is 34.4 Å². The summed E-state index contributed by atoms with van der Waals surface area (Å²) in [5.41, 5.74) is 2.48. The van der Waals surface area contributed by atoms with Crippen molar-refractivity contribution in [1.82, 2.24) is 5.32 Å². The van der Waals surface area contributed by atoms with Crippen LogP contribution in [0.5, 0.6) is 0 Å². The van der Waals surface area contributed by atoms with E-state index >= 15 is 0 Å². The Balaban J connectivity index is 2.14. The fourth-order valence-corrected chi connectivity index (χ4v) is 2.57. The second-order valence-corrected chi connectivity index (χ2v) is 5.14. The molecule has 0 aromatic rings. The molecule has 0 saturated carbocycles. The minimum absolute atomic E-state index is 0.166. The van der Waals surface area contributed by atoms with E-state index in [2.05, 4.69) is 40.0 Å². The quantitative estimate of drug-likeness (QED) is 0.728. The first-order valence-electron chi connectivity index (χ1n) is 5.16. The topological polar surface area (TPSA) is 29.1 Å². The van der Waals surface area contributed by atoms with Crippen molar-refractivity contribution in [2.24, 2.45) is 0 Å². The molecular formula is C12H14BrNO. The second-order valence-electron chi connectivity index (χ2n) is 4.12. The molecule has 1 heterocycles. The molecule has 15 heavy (non-hydrogen) atoms. The van der Waals surface area contributed by atoms with Crippen LogP contribution in [0.3, 0.4) is 0 Å². The number of carbonyl (C=O) groups excluding carboxylic acids is 1. The Morgan fingerprint density at radius 2 is 2.20 bits per heavy atom. The lowest BCUT2D eigenvalue weighted by Crippen LogP contribution is -2.27. The van der Waals surface area contributed by atoms with Crippen LogP contribution < -0.4 is 5.32 Å². The Morgan fingerprint density at radius 3 is 2.87 bits per heavy atom. The van der Waals surface area contributed by atoms with Gasteiger partial charge in [0.25, 0.3) is 0 Å². The summed E-state index contributed by atoms with van der Waals surface area (Å²) >= 11 is 3.49. The summed E-state index contributed by atoms with van der Waals surface area (Å²) in [5, 5.41) is 2.99. The number of carbonyl (C=O) groups is 1. The third-order valence-electron chi connectivity index (χ3n) is 2.79. The zero-order valence-corrected chi connectivity index (χ0v) is 10.1. The number of allylic oxidation sites excluding steroid dienone is 4. The van der Waals surface area contributed by atoms with Crippen LogP contribution in [-0.2, 0) is 4.79 Å². The summed E-state index contributed by atoms with van der Waals surface area (Å²) in [5.74, 6) is 0.166. The number of amides is 1. The zero-order valence-electron chi connectivity index (χ0n) is 8.55. The third kappa shape index (κ3) is 2.59. The summed E-state index contributed by atoms with van der Waals surface area (Å²) < 4.78 is 1.16. The van der Waals surface area contributed by atoms with Crippen LogP contribution in [-0.4, -0.2) is 11.9 Å². The maximum atomic E-state index is 11.1. The molecule has 2 aliphatic rings. The summed E-state index contributed by atoms with van der Waals surface area (Å²) in [6.07, 6.45) is 7.55. The fourth-order valence-electron chi connectivity index (χ4n) is 2.04. The van der Waals surface area contributed by atoms with Crippen molar-refractivity contribution in [3.63, 3.8) is 0 Å². The lowest BCUT2D eigenvalue weighted by molar-refractivity contribution is -0.119. The van der Waals surface area contributed by atoms with E-state index in [1.54, 1.807) is 0 Å². The number of hydrogen-bond donors (Lipinski definition) is 1. The van der Waals surface area contributed by atoms with Gasteiger partial charge in [0.05, 0.1) is 6.04 Å². The molecule has 0 spiro atoms. The molecule has 1 amide bonds. The summed E-state index contributed by atoms with van der Waals surface area (Å²) in [6, 6.07) is 0.226. The SMILES string of the molecule is C=C1CC(Br)=CC=C(C2CCC(=O)N2)C1. The van der Waals surface area contributed by atoms with Crippen LogP contribution in [0.2, 0.25) is 0 Å². The first-order chi connectivity index (χ1) is 7.15. The maximum absolute atomic E-state index is 11.1. The minimum atomic E-state index is 0.166. The van der Waals surface area contributed by atoms with E-state index < -0.39 is 0 Å². The Hall–Kier alpha value is -0.830. The molecule has 0 radical (unpaired) electrons. The Bertz CT molecular complexity index is 368. The fraction of sp³-hybridized carbons (Fsp3) is 0.417. The van der Waals surface area contributed by atoms with E-state index in [9.17, 15) is 4.79 Å². The Morgan fingerprint density at radius 1 is 1.40 bits per heavy atom. The number of nitrogens with one attached hydrogen (secondary N) is 1. The van der Waals surface area contributed by atoms with Gasteiger partial charge in [-0.1, -0.05) is 40.2 Å². The first-order valence-corrected chi connectivity index (χ1v) is 5.95. The largest absolute Gasteiger partial charge is 0.350 e. The molecule has 80 valence electrons. The van der Waals surface area contributed by atoms with Crippen LogP contribution in [0, 0.1) is 0 Å². The minimum Gasteiger partial charge on any atom is -0.350 e. The lowest BCUT2D eigenvalue weighted by Gasteiger charge is -2.14. The summed E-state index contributed by atoms with van der Waals surface area (Å²) in [6.45, 7) is 4.04. The van der Waals surface area contributed by atoms with E-state index in [0.29, 0.717) is 6.42 Å². The van der Waals surface area contributed by atoms with Crippen LogP contribution in [0.25, 0.3) is 0 Å². The van der Waals surface area contributed by atoms with Crippen molar-refractivity contribution in [2.75, 3.05) is 0 Å². The Kier molecular flexibility index (Phi) is 3.10. The van der Waals surface area contributed by atoms with E-state index in [1.807, 2.05) is 0 Å². The maximum Gasteiger partial charge on any atom is 0.220 e. The highest BCUT2D eigenvalue weighted by Gasteiger charge is 2.24. The number of hydrogen-bond acceptors (Lipinski definition) is 1. The van der Waals surface area contributed by atoms with Gasteiger partial charge in [-0.25, -0.2) is 0 Å². The van der Waals surface area contributed by atoms with Gasteiger partial charge in [-0.05, 0) is 29.3 Å². The van der Waals surface area contributed by atoms with E-state index in [0.717, 1.165) is 23.7 Å². The molecule has 0 aromatic carbocycles. The van der Waals surface area contributed by atoms with E-state index in [-0.39, 0.29) is 11.9 Å². The highest BCUT2D eigenvalue weighted by Crippen LogP contribution is 2.29. The molecule has 0 bridgehead atoms. The molecule has 1 unspecified atom stereocenters. The van der Waals surface area contributed by atoms with Gasteiger partial charge in [0.1, 0.15) is 0 Å². The molecule has 1 aliphatic heterocycles. The van der Waals surface area contributed by atoms with Gasteiger partial charge in [0.15, 0.2) is 0 Å². The average Bonchev–Trinajstić information content (AvgIpc) is 2.51. The second kappa shape index (κ2) is 4.35. The van der Waals surface area contributed by atoms with Crippen molar-refractivity contribution in [3.8, 4) is 0 Å². The van der Waals surface area contributed by atoms with Crippen molar-refractivity contribution in [1.29, 1.82) is 0 Å². The van der Waals surface area contributed by atoms with E-state index in [4.69, 9.17) is 0 Å². The van der Waals surface area contributed by atoms with Crippen LogP contribution in [0.1, 0.15) is 25.7 Å². The smallest absolute Gasteiger partial charge is 0.220 e. The molecule has 1 atom stereocenters. The highest BCUT2D eigenvalue weighted by molar-refractivity contribution is 9.11. The van der Waals surface area contributed by atoms with Crippen LogP contribution >= 0.6 is 15.9 Å². The molecular weight excluding hydrogens is 254 g/mol. The zero-order chi connectivity index (χ0) is 10.8. The average molecular weight is 268 g/mol. The van der Waals surface area contributed by atoms with Gasteiger partial charge in [-0.3, -0.25) is 4.79 Å². The molecule has 2 nitrogen and oxygen atoms in total. The first kappa shape index (κ1) is 10.7. The van der Waals surface area contributed by atoms with Gasteiger partial charge >= 0.3 is 0 Å². The highest BCUT2D eigenvalue weighted by atomic mass is 79.9. The monoisotopic (exact) mass is 267 g/mol. The molecule has 0 aromatic heterocycles. The lowest BCUT2D eigenvalue weighted by atomic mass is 9.98. The van der Waals surface area contributed by atoms with Crippen molar-refractivity contribution < 1.29 is 4.79 Å². The molecule has 1 aliphatic carbocycles. The predicted octanol–water partition coefficient (Wildman–Crippen LogP) is 2.82. The number of rotatable bonds is 1. The van der Waals surface area contributed by atoms with Crippen molar-refractivity contribution in [2.45, 2.75) is 31.7 Å². The van der Waals surface area contributed by atoms with Gasteiger partial charge in [0, 0.05) is 6.42 Å². The molecule has 3 heteroatoms. The Labute approximate surface area is 98.3 Å². The molecule has 1 N–H and O–H groups in total. The predicted molar refractivity (Wildman–Crippen MR) is 64.6 cm³/mol. The van der Waals surface area contributed by atoms with E-state index in [1.165, 1.54) is 11.1 Å². The van der Waals surface area contributed by atoms with Gasteiger partial charge < -0.3 is 5.32 Å². The summed E-state index contributed by atoms with van der Waals surface area (Å²) in [4.78, 5) is 11.1. The van der Waals surface area contributed by atoms with Gasteiger partial charge in [0.2, 0.25) is 5.91 Å². The summed E-state index contributed by atoms with van der Waals surface area (Å²) in [7, 11) is 0. The van der Waals surface area contributed by atoms with Crippen LogP contribution in [0.4, 0.5) is 0 Å². The van der Waals surface area contributed by atoms with Gasteiger partial charge in [-0.2, -0.15) is 0 Å². The third-order valence-corrected chi connectivity index (χ3v) is 3.34. The van der Waals surface area contributed by atoms with Crippen molar-refractivity contribution >= 4 is 21.8 Å². The molecule has 1 saturated heterocycles. The van der Waals surface area contributed by atoms with Crippen molar-refractivity contribution in [3.05, 3.63) is 34.4 Å². The standard InChI is InChI=1S/C12H14BrNO/c1-8-6-9(2-3-10(13)7-8)11-4-5-12(15)14-11/h2-3,11H,1,4-7H2,(H,14,15). The molecule has 2 rings (SSSR count).